The van der Waals surface area contributed by atoms with Gasteiger partial charge in [0.1, 0.15) is 27.4 Å². The van der Waals surface area contributed by atoms with E-state index >= 15 is 0 Å². The van der Waals surface area contributed by atoms with Crippen LogP contribution in [0.1, 0.15) is 12.5 Å². The van der Waals surface area contributed by atoms with Crippen molar-refractivity contribution < 1.29 is 23.8 Å². The van der Waals surface area contributed by atoms with Crippen LogP contribution in [0.4, 0.5) is 0 Å². The summed E-state index contributed by atoms with van der Waals surface area (Å²) in [4.78, 5) is 23.9. The summed E-state index contributed by atoms with van der Waals surface area (Å²) in [5.41, 5.74) is 0.243. The minimum atomic E-state index is -0.790. The molecule has 0 unspecified atom stereocenters. The molecule has 0 saturated carbocycles. The standard InChI is InChI=1S/C20H12Cl5NO5/c1-2-29-20(28)11(8-26)6-10-4-3-5-12(7-10)31-13(27)9-30-19-17(24)15(22)14(21)16(23)18(19)25/h3-7H,2,9H2,1H3/b11-6+. The Bertz CT molecular complexity index is 1070. The van der Waals surface area contributed by atoms with E-state index in [1.807, 2.05) is 0 Å². The molecule has 2 aromatic carbocycles. The van der Waals surface area contributed by atoms with Gasteiger partial charge in [-0.25, -0.2) is 9.59 Å². The first kappa shape index (κ1) is 25.1. The van der Waals surface area contributed by atoms with E-state index in [4.69, 9.17) is 77.5 Å². The van der Waals surface area contributed by atoms with Crippen LogP contribution in [0.3, 0.4) is 0 Å². The molecule has 0 bridgehead atoms. The minimum absolute atomic E-state index is 0.0438. The second kappa shape index (κ2) is 11.5. The van der Waals surface area contributed by atoms with Crippen LogP contribution in [-0.2, 0) is 14.3 Å². The fraction of sp³-hybridized carbons (Fsp3) is 0.150. The van der Waals surface area contributed by atoms with Gasteiger partial charge in [0.05, 0.1) is 21.7 Å². The summed E-state index contributed by atoms with van der Waals surface area (Å²) in [6.07, 6.45) is 1.31. The Morgan fingerprint density at radius 3 is 2.23 bits per heavy atom. The first-order chi connectivity index (χ1) is 14.7. The predicted octanol–water partition coefficient (Wildman–Crippen LogP) is 6.41. The third-order valence-electron chi connectivity index (χ3n) is 3.52. The molecule has 0 N–H and O–H groups in total. The minimum Gasteiger partial charge on any atom is -0.479 e. The number of halogens is 5. The lowest BCUT2D eigenvalue weighted by Gasteiger charge is -2.13. The monoisotopic (exact) mass is 521 g/mol. The van der Waals surface area contributed by atoms with E-state index in [0.717, 1.165) is 0 Å². The first-order valence-electron chi connectivity index (χ1n) is 8.43. The van der Waals surface area contributed by atoms with E-state index in [1.54, 1.807) is 25.1 Å². The van der Waals surface area contributed by atoms with Gasteiger partial charge in [0.25, 0.3) is 0 Å². The van der Waals surface area contributed by atoms with E-state index < -0.39 is 18.5 Å². The molecule has 0 fully saturated rings. The molecule has 31 heavy (non-hydrogen) atoms. The summed E-state index contributed by atoms with van der Waals surface area (Å²) in [6.45, 7) is 1.19. The Hall–Kier alpha value is -2.14. The van der Waals surface area contributed by atoms with Gasteiger partial charge >= 0.3 is 11.9 Å². The topological polar surface area (TPSA) is 85.6 Å². The third-order valence-corrected chi connectivity index (χ3v) is 5.76. The Labute approximate surface area is 202 Å². The van der Waals surface area contributed by atoms with Crippen molar-refractivity contribution in [3.8, 4) is 17.6 Å². The Morgan fingerprint density at radius 1 is 1.03 bits per heavy atom. The summed E-state index contributed by atoms with van der Waals surface area (Å²) >= 11 is 29.9. The van der Waals surface area contributed by atoms with Crippen LogP contribution in [-0.4, -0.2) is 25.2 Å². The maximum Gasteiger partial charge on any atom is 0.349 e. The molecule has 0 aliphatic carbocycles. The molecule has 2 aromatic rings. The van der Waals surface area contributed by atoms with Crippen LogP contribution in [0.25, 0.3) is 6.08 Å². The van der Waals surface area contributed by atoms with Crippen molar-refractivity contribution in [1.82, 2.24) is 0 Å². The number of carbonyl (C=O) groups is 2. The first-order valence-corrected chi connectivity index (χ1v) is 10.3. The normalized spacial score (nSPS) is 10.9. The number of rotatable bonds is 7. The molecule has 0 atom stereocenters. The average molecular weight is 524 g/mol. The highest BCUT2D eigenvalue weighted by Gasteiger charge is 2.21. The zero-order valence-electron chi connectivity index (χ0n) is 15.7. The molecule has 0 amide bonds. The molecule has 0 spiro atoms. The number of hydrogen-bond acceptors (Lipinski definition) is 6. The lowest BCUT2D eigenvalue weighted by atomic mass is 10.1. The third kappa shape index (κ3) is 6.42. The molecule has 11 heteroatoms. The molecule has 162 valence electrons. The SMILES string of the molecule is CCOC(=O)/C(C#N)=C/c1cccc(OC(=O)COc2c(Cl)c(Cl)c(Cl)c(Cl)c2Cl)c1. The molecule has 0 heterocycles. The number of nitrogens with zero attached hydrogens (tertiary/aromatic N) is 1. The fourth-order valence-corrected chi connectivity index (χ4v) is 3.41. The number of benzene rings is 2. The second-order valence-corrected chi connectivity index (χ2v) is 7.51. The maximum absolute atomic E-state index is 12.2. The largest absolute Gasteiger partial charge is 0.479 e. The van der Waals surface area contributed by atoms with E-state index in [1.165, 1.54) is 18.2 Å². The number of hydrogen-bond donors (Lipinski definition) is 0. The van der Waals surface area contributed by atoms with Crippen LogP contribution in [0.15, 0.2) is 29.8 Å². The summed E-state index contributed by atoms with van der Waals surface area (Å²) in [5, 5.41) is 8.70. The second-order valence-electron chi connectivity index (χ2n) is 5.62. The van der Waals surface area contributed by atoms with Crippen molar-refractivity contribution in [2.75, 3.05) is 13.2 Å². The molecule has 0 aromatic heterocycles. The van der Waals surface area contributed by atoms with Crippen LogP contribution in [0.2, 0.25) is 25.1 Å². The number of ether oxygens (including phenoxy) is 3. The van der Waals surface area contributed by atoms with Crippen molar-refractivity contribution in [3.63, 3.8) is 0 Å². The Balaban J connectivity index is 2.12. The molecule has 2 rings (SSSR count). The summed E-state index contributed by atoms with van der Waals surface area (Å²) in [6, 6.07) is 7.89. The highest BCUT2D eigenvalue weighted by atomic mass is 35.5. The lowest BCUT2D eigenvalue weighted by molar-refractivity contribution is -0.138. The van der Waals surface area contributed by atoms with Gasteiger partial charge in [-0.3, -0.25) is 0 Å². The average Bonchev–Trinajstić information content (AvgIpc) is 2.75. The van der Waals surface area contributed by atoms with Crippen molar-refractivity contribution in [2.45, 2.75) is 6.92 Å². The highest BCUT2D eigenvalue weighted by molar-refractivity contribution is 6.55. The Kier molecular flexibility index (Phi) is 9.30. The van der Waals surface area contributed by atoms with E-state index in [0.29, 0.717) is 5.56 Å². The van der Waals surface area contributed by atoms with Crippen LogP contribution in [0, 0.1) is 11.3 Å². The van der Waals surface area contributed by atoms with Gasteiger partial charge < -0.3 is 14.2 Å². The van der Waals surface area contributed by atoms with Crippen LogP contribution in [0.5, 0.6) is 11.5 Å². The maximum atomic E-state index is 12.2. The van der Waals surface area contributed by atoms with Crippen molar-refractivity contribution in [2.24, 2.45) is 0 Å². The van der Waals surface area contributed by atoms with Crippen LogP contribution >= 0.6 is 58.0 Å². The number of carbonyl (C=O) groups excluding carboxylic acids is 2. The van der Waals surface area contributed by atoms with Gasteiger partial charge in [0, 0.05) is 0 Å². The Morgan fingerprint density at radius 2 is 1.65 bits per heavy atom. The number of esters is 2. The molecule has 6 nitrogen and oxygen atoms in total. The van der Waals surface area contributed by atoms with E-state index in [2.05, 4.69) is 0 Å². The molecular weight excluding hydrogens is 511 g/mol. The molecule has 0 aliphatic heterocycles. The molecule has 0 aliphatic rings. The summed E-state index contributed by atoms with van der Waals surface area (Å²) in [7, 11) is 0. The van der Waals surface area contributed by atoms with Crippen LogP contribution < -0.4 is 9.47 Å². The summed E-state index contributed by atoms with van der Waals surface area (Å²) in [5.74, 6) is -1.52. The predicted molar refractivity (Wildman–Crippen MR) is 119 cm³/mol. The van der Waals surface area contributed by atoms with Gasteiger partial charge in [-0.2, -0.15) is 5.26 Å². The van der Waals surface area contributed by atoms with Gasteiger partial charge in [0.2, 0.25) is 0 Å². The lowest BCUT2D eigenvalue weighted by Crippen LogP contribution is -2.18. The van der Waals surface area contributed by atoms with Gasteiger partial charge in [-0.15, -0.1) is 0 Å². The molecular formula is C20H12Cl5NO5. The van der Waals surface area contributed by atoms with E-state index in [-0.39, 0.29) is 48.8 Å². The molecule has 0 saturated heterocycles. The zero-order valence-corrected chi connectivity index (χ0v) is 19.5. The van der Waals surface area contributed by atoms with Crippen molar-refractivity contribution in [3.05, 3.63) is 60.5 Å². The van der Waals surface area contributed by atoms with Crippen molar-refractivity contribution in [1.29, 1.82) is 5.26 Å². The highest BCUT2D eigenvalue weighted by Crippen LogP contribution is 2.48. The number of nitriles is 1. The van der Waals surface area contributed by atoms with Crippen molar-refractivity contribution >= 4 is 76.0 Å². The quantitative estimate of drug-likeness (QED) is 0.104. The van der Waals surface area contributed by atoms with Gasteiger partial charge in [-0.05, 0) is 30.7 Å². The van der Waals surface area contributed by atoms with E-state index in [9.17, 15) is 9.59 Å². The van der Waals surface area contributed by atoms with Gasteiger partial charge in [-0.1, -0.05) is 70.1 Å². The smallest absolute Gasteiger partial charge is 0.349 e. The summed E-state index contributed by atoms with van der Waals surface area (Å²) < 4.78 is 15.3. The zero-order chi connectivity index (χ0) is 23.1. The fourth-order valence-electron chi connectivity index (χ4n) is 2.18. The van der Waals surface area contributed by atoms with Gasteiger partial charge in [0.15, 0.2) is 12.4 Å². The molecule has 0 radical (unpaired) electrons.